The Hall–Kier alpha value is -1.36. The van der Waals surface area contributed by atoms with Crippen LogP contribution in [0.1, 0.15) is 13.8 Å². The summed E-state index contributed by atoms with van der Waals surface area (Å²) < 4.78 is 0. The highest BCUT2D eigenvalue weighted by atomic mass is 32.2. The number of anilines is 1. The molecular formula is C12H16N4S. The largest absolute Gasteiger partial charge is 0.355 e. The van der Waals surface area contributed by atoms with Gasteiger partial charge in [0.05, 0.1) is 0 Å². The van der Waals surface area contributed by atoms with Gasteiger partial charge in [0.25, 0.3) is 0 Å². The SMILES string of the molecule is CCN(CC)c1nccc2cnc(SC)nc12. The number of fused-ring (bicyclic) bond motifs is 1. The van der Waals surface area contributed by atoms with Gasteiger partial charge < -0.3 is 4.90 Å². The first-order valence-electron chi connectivity index (χ1n) is 5.70. The standard InChI is InChI=1S/C12H16N4S/c1-4-16(5-2)11-10-9(6-7-13-11)8-14-12(15-10)17-3/h6-8H,4-5H2,1-3H3. The summed E-state index contributed by atoms with van der Waals surface area (Å²) in [5.74, 6) is 0.949. The van der Waals surface area contributed by atoms with Crippen LogP contribution in [-0.4, -0.2) is 34.3 Å². The van der Waals surface area contributed by atoms with Crippen LogP contribution in [0, 0.1) is 0 Å². The minimum Gasteiger partial charge on any atom is -0.355 e. The molecule has 0 atom stereocenters. The van der Waals surface area contributed by atoms with E-state index in [2.05, 4.69) is 33.7 Å². The molecule has 90 valence electrons. The fourth-order valence-corrected chi connectivity index (χ4v) is 2.12. The Balaban J connectivity index is 2.61. The van der Waals surface area contributed by atoms with Crippen LogP contribution in [0.4, 0.5) is 5.82 Å². The molecule has 0 aromatic carbocycles. The molecule has 0 fully saturated rings. The molecule has 4 nitrogen and oxygen atoms in total. The lowest BCUT2D eigenvalue weighted by Gasteiger charge is -2.20. The second-order valence-electron chi connectivity index (χ2n) is 3.60. The van der Waals surface area contributed by atoms with Crippen molar-refractivity contribution in [2.45, 2.75) is 19.0 Å². The van der Waals surface area contributed by atoms with Crippen molar-refractivity contribution < 1.29 is 0 Å². The van der Waals surface area contributed by atoms with Crippen molar-refractivity contribution in [2.24, 2.45) is 0 Å². The second-order valence-corrected chi connectivity index (χ2v) is 4.37. The van der Waals surface area contributed by atoms with Crippen molar-refractivity contribution in [3.05, 3.63) is 18.5 Å². The molecule has 0 spiro atoms. The van der Waals surface area contributed by atoms with Crippen LogP contribution in [0.15, 0.2) is 23.6 Å². The maximum atomic E-state index is 4.56. The number of nitrogens with zero attached hydrogens (tertiary/aromatic N) is 4. The Morgan fingerprint density at radius 3 is 2.65 bits per heavy atom. The van der Waals surface area contributed by atoms with E-state index in [0.717, 1.165) is 35.0 Å². The van der Waals surface area contributed by atoms with E-state index in [4.69, 9.17) is 0 Å². The van der Waals surface area contributed by atoms with Crippen molar-refractivity contribution in [1.82, 2.24) is 15.0 Å². The summed E-state index contributed by atoms with van der Waals surface area (Å²) in [6.45, 7) is 6.11. The number of hydrogen-bond donors (Lipinski definition) is 0. The fraction of sp³-hybridized carbons (Fsp3) is 0.417. The molecule has 0 aliphatic carbocycles. The van der Waals surface area contributed by atoms with Gasteiger partial charge in [-0.05, 0) is 26.2 Å². The van der Waals surface area contributed by atoms with Gasteiger partial charge in [-0.15, -0.1) is 0 Å². The highest BCUT2D eigenvalue weighted by Crippen LogP contribution is 2.23. The number of hydrogen-bond acceptors (Lipinski definition) is 5. The van der Waals surface area contributed by atoms with Crippen LogP contribution < -0.4 is 4.90 Å². The molecule has 2 heterocycles. The Labute approximate surface area is 105 Å². The molecule has 0 N–H and O–H groups in total. The van der Waals surface area contributed by atoms with Gasteiger partial charge in [0, 0.05) is 30.9 Å². The summed E-state index contributed by atoms with van der Waals surface area (Å²) in [6.07, 6.45) is 5.66. The molecule has 2 aromatic rings. The lowest BCUT2D eigenvalue weighted by Crippen LogP contribution is -2.23. The van der Waals surface area contributed by atoms with E-state index in [0.29, 0.717) is 0 Å². The first-order valence-corrected chi connectivity index (χ1v) is 6.93. The van der Waals surface area contributed by atoms with E-state index in [1.807, 2.05) is 24.7 Å². The van der Waals surface area contributed by atoms with Crippen molar-refractivity contribution in [1.29, 1.82) is 0 Å². The number of rotatable bonds is 4. The summed E-state index contributed by atoms with van der Waals surface area (Å²) >= 11 is 1.55. The molecule has 5 heteroatoms. The first-order chi connectivity index (χ1) is 8.30. The van der Waals surface area contributed by atoms with Crippen LogP contribution in [0.2, 0.25) is 0 Å². The average Bonchev–Trinajstić information content (AvgIpc) is 2.40. The monoisotopic (exact) mass is 248 g/mol. The van der Waals surface area contributed by atoms with E-state index < -0.39 is 0 Å². The van der Waals surface area contributed by atoms with Gasteiger partial charge in [-0.25, -0.2) is 15.0 Å². The van der Waals surface area contributed by atoms with E-state index in [1.165, 1.54) is 0 Å². The molecular weight excluding hydrogens is 232 g/mol. The molecule has 0 saturated carbocycles. The highest BCUT2D eigenvalue weighted by Gasteiger charge is 2.10. The molecule has 17 heavy (non-hydrogen) atoms. The zero-order valence-corrected chi connectivity index (χ0v) is 11.2. The lowest BCUT2D eigenvalue weighted by atomic mass is 10.3. The molecule has 2 aromatic heterocycles. The molecule has 0 unspecified atom stereocenters. The third-order valence-electron chi connectivity index (χ3n) is 2.70. The van der Waals surface area contributed by atoms with Crippen molar-refractivity contribution in [2.75, 3.05) is 24.2 Å². The third-order valence-corrected chi connectivity index (χ3v) is 3.27. The van der Waals surface area contributed by atoms with Gasteiger partial charge >= 0.3 is 0 Å². The van der Waals surface area contributed by atoms with Crippen molar-refractivity contribution >= 4 is 28.5 Å². The summed E-state index contributed by atoms with van der Waals surface area (Å²) in [5, 5.41) is 1.83. The fourth-order valence-electron chi connectivity index (χ4n) is 1.78. The highest BCUT2D eigenvalue weighted by molar-refractivity contribution is 7.98. The normalized spacial score (nSPS) is 10.8. The molecule has 0 aliphatic heterocycles. The summed E-state index contributed by atoms with van der Waals surface area (Å²) in [5.41, 5.74) is 0.940. The smallest absolute Gasteiger partial charge is 0.187 e. The maximum Gasteiger partial charge on any atom is 0.187 e. The van der Waals surface area contributed by atoms with Gasteiger partial charge in [0.1, 0.15) is 5.52 Å². The predicted molar refractivity (Wildman–Crippen MR) is 72.7 cm³/mol. The minimum absolute atomic E-state index is 0.791. The van der Waals surface area contributed by atoms with E-state index in [9.17, 15) is 0 Å². The predicted octanol–water partition coefficient (Wildman–Crippen LogP) is 2.59. The summed E-state index contributed by atoms with van der Waals surface area (Å²) in [6, 6.07) is 1.95. The van der Waals surface area contributed by atoms with Crippen LogP contribution in [-0.2, 0) is 0 Å². The van der Waals surface area contributed by atoms with Crippen LogP contribution >= 0.6 is 11.8 Å². The molecule has 0 bridgehead atoms. The summed E-state index contributed by atoms with van der Waals surface area (Å²) in [4.78, 5) is 15.5. The number of aromatic nitrogens is 3. The number of pyridine rings is 1. The quantitative estimate of drug-likeness (QED) is 0.614. The molecule has 0 saturated heterocycles. The van der Waals surface area contributed by atoms with Crippen molar-refractivity contribution in [3.8, 4) is 0 Å². The molecule has 0 aliphatic rings. The summed E-state index contributed by atoms with van der Waals surface area (Å²) in [7, 11) is 0. The van der Waals surface area contributed by atoms with Crippen LogP contribution in [0.25, 0.3) is 10.9 Å². The minimum atomic E-state index is 0.791. The second kappa shape index (κ2) is 5.31. The Kier molecular flexibility index (Phi) is 3.78. The van der Waals surface area contributed by atoms with Gasteiger partial charge in [-0.2, -0.15) is 0 Å². The first kappa shape index (κ1) is 12.1. The van der Waals surface area contributed by atoms with Gasteiger partial charge in [-0.3, -0.25) is 0 Å². The zero-order chi connectivity index (χ0) is 12.3. The topological polar surface area (TPSA) is 41.9 Å². The maximum absolute atomic E-state index is 4.56. The van der Waals surface area contributed by atoms with E-state index in [1.54, 1.807) is 11.8 Å². The molecule has 0 radical (unpaired) electrons. The van der Waals surface area contributed by atoms with Gasteiger partial charge in [0.2, 0.25) is 0 Å². The Morgan fingerprint density at radius 2 is 2.00 bits per heavy atom. The third kappa shape index (κ3) is 2.34. The number of thioether (sulfide) groups is 1. The van der Waals surface area contributed by atoms with Crippen molar-refractivity contribution in [3.63, 3.8) is 0 Å². The van der Waals surface area contributed by atoms with E-state index in [-0.39, 0.29) is 0 Å². The van der Waals surface area contributed by atoms with E-state index >= 15 is 0 Å². The average molecular weight is 248 g/mol. The molecule has 0 amide bonds. The van der Waals surface area contributed by atoms with Crippen LogP contribution in [0.3, 0.4) is 0 Å². The zero-order valence-electron chi connectivity index (χ0n) is 10.3. The Bertz CT molecular complexity index is 511. The van der Waals surface area contributed by atoms with Gasteiger partial charge in [0.15, 0.2) is 11.0 Å². The Morgan fingerprint density at radius 1 is 1.24 bits per heavy atom. The molecule has 2 rings (SSSR count). The van der Waals surface area contributed by atoms with Gasteiger partial charge in [-0.1, -0.05) is 11.8 Å². The lowest BCUT2D eigenvalue weighted by molar-refractivity contribution is 0.846. The van der Waals surface area contributed by atoms with Crippen LogP contribution in [0.5, 0.6) is 0 Å².